The molecule has 56 heavy (non-hydrogen) atoms. The Kier molecular flexibility index (Phi) is 6.06. The van der Waals surface area contributed by atoms with E-state index in [-0.39, 0.29) is 5.92 Å². The van der Waals surface area contributed by atoms with Crippen molar-refractivity contribution in [3.8, 4) is 22.5 Å². The molecule has 3 heterocycles. The highest BCUT2D eigenvalue weighted by Gasteiger charge is 2.33. The average molecular weight is 712 g/mol. The van der Waals surface area contributed by atoms with Gasteiger partial charge in [-0.15, -0.1) is 0 Å². The van der Waals surface area contributed by atoms with E-state index in [4.69, 9.17) is 9.97 Å². The van der Waals surface area contributed by atoms with E-state index in [1.165, 1.54) is 92.7 Å². The normalized spacial score (nSPS) is 14.5. The Balaban J connectivity index is 1.20. The molecule has 3 heteroatoms. The van der Waals surface area contributed by atoms with Crippen molar-refractivity contribution < 1.29 is 0 Å². The van der Waals surface area contributed by atoms with Crippen molar-refractivity contribution >= 4 is 81.3 Å². The van der Waals surface area contributed by atoms with E-state index in [0.717, 1.165) is 40.8 Å². The van der Waals surface area contributed by atoms with E-state index >= 15 is 0 Å². The first-order valence-corrected chi connectivity index (χ1v) is 19.7. The summed E-state index contributed by atoms with van der Waals surface area (Å²) in [6, 6.07) is 62.6. The topological polar surface area (TPSA) is 30.2 Å². The fourth-order valence-corrected chi connectivity index (χ4v) is 10.3. The summed E-state index contributed by atoms with van der Waals surface area (Å²) in [5.74, 6) is 0.793. The van der Waals surface area contributed by atoms with Crippen LogP contribution in [0.3, 0.4) is 0 Å². The molecule has 0 spiro atoms. The van der Waals surface area contributed by atoms with Gasteiger partial charge in [-0.1, -0.05) is 133 Å². The van der Waals surface area contributed by atoms with Gasteiger partial charge in [-0.05, 0) is 104 Å². The Morgan fingerprint density at radius 1 is 0.446 bits per heavy atom. The maximum Gasteiger partial charge on any atom is 0.160 e. The third-order valence-corrected chi connectivity index (χ3v) is 12.7. The number of nitrogens with zero attached hydrogens (tertiary/aromatic N) is 3. The number of aryl methyl sites for hydroxylation is 1. The first kappa shape index (κ1) is 30.3. The van der Waals surface area contributed by atoms with Crippen molar-refractivity contribution in [3.05, 3.63) is 187 Å². The number of para-hydroxylation sites is 2. The molecule has 13 rings (SSSR count). The second-order valence-electron chi connectivity index (χ2n) is 15.6. The molecule has 3 aromatic heterocycles. The minimum Gasteiger partial charge on any atom is -0.308 e. The summed E-state index contributed by atoms with van der Waals surface area (Å²) >= 11 is 0. The van der Waals surface area contributed by atoms with E-state index < -0.39 is 0 Å². The van der Waals surface area contributed by atoms with Gasteiger partial charge < -0.3 is 4.40 Å². The van der Waals surface area contributed by atoms with Crippen LogP contribution in [0.5, 0.6) is 0 Å². The van der Waals surface area contributed by atoms with Gasteiger partial charge in [0.2, 0.25) is 0 Å². The highest BCUT2D eigenvalue weighted by Crippen LogP contribution is 2.52. The quantitative estimate of drug-likeness (QED) is 0.167. The maximum absolute atomic E-state index is 5.76. The Bertz CT molecular complexity index is 3610. The fraction of sp³-hybridized carbons (Fsp3) is 0.0566. The number of fused-ring (bicyclic) bond motifs is 15. The molecule has 1 aliphatic rings. The van der Waals surface area contributed by atoms with Crippen molar-refractivity contribution in [1.82, 2.24) is 14.4 Å². The van der Waals surface area contributed by atoms with Crippen LogP contribution in [0, 0.1) is 0 Å². The molecule has 9 aromatic carbocycles. The number of rotatable bonds is 2. The fourth-order valence-electron chi connectivity index (χ4n) is 10.3. The van der Waals surface area contributed by atoms with Crippen molar-refractivity contribution in [2.45, 2.75) is 18.8 Å². The summed E-state index contributed by atoms with van der Waals surface area (Å²) in [6.45, 7) is 0. The lowest BCUT2D eigenvalue weighted by Crippen LogP contribution is -2.08. The smallest absolute Gasteiger partial charge is 0.160 e. The van der Waals surface area contributed by atoms with Gasteiger partial charge in [0.05, 0.1) is 27.8 Å². The van der Waals surface area contributed by atoms with Gasteiger partial charge in [0.15, 0.2) is 5.82 Å². The molecule has 260 valence electrons. The highest BCUT2D eigenvalue weighted by atomic mass is 14.9. The standard InChI is InChI=1S/C53H33N3/c1-2-15-33-29-48-45(27-32(33)14-1)50-49-41(26-25-31-13-3-5-17-35(31)42(49)30-43-39-21-10-12-24-47(39)56(48)52(43)50)51-40-22-9-11-23-46(40)54-53(55-51)44-28-34-16-4-6-18-36(34)37-19-7-8-20-38(37)44/h1-24,27-30,41H,25-26H2. The van der Waals surface area contributed by atoms with E-state index in [0.29, 0.717) is 0 Å². The molecule has 3 nitrogen and oxygen atoms in total. The molecule has 0 radical (unpaired) electrons. The second kappa shape index (κ2) is 11.2. The van der Waals surface area contributed by atoms with E-state index in [9.17, 15) is 0 Å². The van der Waals surface area contributed by atoms with Crippen molar-refractivity contribution in [1.29, 1.82) is 0 Å². The SMILES string of the molecule is c1ccc2c(c1)CCC(c1nc(-c3cc4ccccc4c4ccccc34)nc3ccccc13)c1c-2cc2c3ccccc3n3c4cc5ccccc5cc4c1c23. The molecular weight excluding hydrogens is 679 g/mol. The second-order valence-corrected chi connectivity index (χ2v) is 15.6. The molecule has 0 aliphatic heterocycles. The molecule has 1 aliphatic carbocycles. The monoisotopic (exact) mass is 711 g/mol. The maximum atomic E-state index is 5.76. The number of benzene rings is 9. The van der Waals surface area contributed by atoms with Crippen LogP contribution in [0.1, 0.15) is 29.2 Å². The minimum absolute atomic E-state index is 0.0130. The summed E-state index contributed by atoms with van der Waals surface area (Å²) in [5.41, 5.74) is 12.4. The van der Waals surface area contributed by atoms with Crippen LogP contribution >= 0.6 is 0 Å². The van der Waals surface area contributed by atoms with Gasteiger partial charge >= 0.3 is 0 Å². The van der Waals surface area contributed by atoms with Gasteiger partial charge in [0.25, 0.3) is 0 Å². The molecule has 0 saturated heterocycles. The van der Waals surface area contributed by atoms with Crippen molar-refractivity contribution in [2.24, 2.45) is 0 Å². The third kappa shape index (κ3) is 4.07. The van der Waals surface area contributed by atoms with Crippen molar-refractivity contribution in [3.63, 3.8) is 0 Å². The Labute approximate surface area is 322 Å². The van der Waals surface area contributed by atoms with Gasteiger partial charge in [-0.25, -0.2) is 9.97 Å². The van der Waals surface area contributed by atoms with Gasteiger partial charge in [-0.2, -0.15) is 0 Å². The van der Waals surface area contributed by atoms with E-state index in [2.05, 4.69) is 174 Å². The van der Waals surface area contributed by atoms with Crippen LogP contribution in [0.4, 0.5) is 0 Å². The molecule has 0 N–H and O–H groups in total. The van der Waals surface area contributed by atoms with Crippen LogP contribution in [0.25, 0.3) is 104 Å². The summed E-state index contributed by atoms with van der Waals surface area (Å²) < 4.78 is 2.54. The molecule has 12 aromatic rings. The lowest BCUT2D eigenvalue weighted by Gasteiger charge is -2.22. The van der Waals surface area contributed by atoms with Crippen LogP contribution in [0.2, 0.25) is 0 Å². The van der Waals surface area contributed by atoms with Gasteiger partial charge in [0.1, 0.15) is 0 Å². The van der Waals surface area contributed by atoms with Crippen molar-refractivity contribution in [2.75, 3.05) is 0 Å². The number of aromatic nitrogens is 3. The highest BCUT2D eigenvalue weighted by molar-refractivity contribution is 6.27. The van der Waals surface area contributed by atoms with Crippen LogP contribution < -0.4 is 0 Å². The van der Waals surface area contributed by atoms with Crippen LogP contribution in [-0.2, 0) is 6.42 Å². The molecule has 0 saturated carbocycles. The third-order valence-electron chi connectivity index (χ3n) is 12.7. The van der Waals surface area contributed by atoms with E-state index in [1.54, 1.807) is 0 Å². The van der Waals surface area contributed by atoms with Crippen LogP contribution in [0.15, 0.2) is 170 Å². The summed E-state index contributed by atoms with van der Waals surface area (Å²) in [5, 5.41) is 13.7. The van der Waals surface area contributed by atoms with Gasteiger partial charge in [0, 0.05) is 38.4 Å². The van der Waals surface area contributed by atoms with Gasteiger partial charge in [-0.3, -0.25) is 0 Å². The Morgan fingerprint density at radius 2 is 1.12 bits per heavy atom. The Morgan fingerprint density at radius 3 is 2.00 bits per heavy atom. The molecule has 1 atom stereocenters. The molecule has 1 unspecified atom stereocenters. The zero-order valence-electron chi connectivity index (χ0n) is 30.5. The zero-order chi connectivity index (χ0) is 36.5. The molecule has 0 bridgehead atoms. The summed E-state index contributed by atoms with van der Waals surface area (Å²) in [4.78, 5) is 11.1. The zero-order valence-corrected chi connectivity index (χ0v) is 30.5. The molecule has 0 amide bonds. The minimum atomic E-state index is 0.0130. The lowest BCUT2D eigenvalue weighted by atomic mass is 9.83. The predicted molar refractivity (Wildman–Crippen MR) is 234 cm³/mol. The predicted octanol–water partition coefficient (Wildman–Crippen LogP) is 13.7. The average Bonchev–Trinajstić information content (AvgIpc) is 3.70. The summed E-state index contributed by atoms with van der Waals surface area (Å²) in [6.07, 6.45) is 1.89. The largest absolute Gasteiger partial charge is 0.308 e. The first-order chi connectivity index (χ1) is 27.8. The molecular formula is C53H33N3. The Hall–Kier alpha value is -7.10. The van der Waals surface area contributed by atoms with Crippen LogP contribution in [-0.4, -0.2) is 14.4 Å². The molecule has 0 fully saturated rings. The van der Waals surface area contributed by atoms with E-state index in [1.807, 2.05) is 0 Å². The first-order valence-electron chi connectivity index (χ1n) is 19.7. The number of hydrogen-bond acceptors (Lipinski definition) is 2. The summed E-state index contributed by atoms with van der Waals surface area (Å²) in [7, 11) is 0. The number of hydrogen-bond donors (Lipinski definition) is 0. The lowest BCUT2D eigenvalue weighted by molar-refractivity contribution is 0.715.